The van der Waals surface area contributed by atoms with Crippen LogP contribution >= 0.6 is 0 Å². The first-order chi connectivity index (χ1) is 8.09. The molecule has 2 rings (SSSR count). The normalized spacial score (nSPS) is 25.6. The van der Waals surface area contributed by atoms with Crippen LogP contribution in [0.5, 0.6) is 0 Å². The number of halogens is 2. The van der Waals surface area contributed by atoms with Crippen LogP contribution in [0.25, 0.3) is 0 Å². The summed E-state index contributed by atoms with van der Waals surface area (Å²) in [6.45, 7) is 1.17. The fourth-order valence-electron chi connectivity index (χ4n) is 2.20. The molecule has 1 atom stereocenters. The number of rotatable bonds is 2. The minimum absolute atomic E-state index is 0.341. The second-order valence-corrected chi connectivity index (χ2v) is 4.62. The summed E-state index contributed by atoms with van der Waals surface area (Å²) < 4.78 is 31.1. The van der Waals surface area contributed by atoms with Gasteiger partial charge in [-0.15, -0.1) is 0 Å². The summed E-state index contributed by atoms with van der Waals surface area (Å²) in [5, 5.41) is 10.4. The largest absolute Gasteiger partial charge is 0.389 e. The van der Waals surface area contributed by atoms with Crippen LogP contribution in [0.1, 0.15) is 24.8 Å². The van der Waals surface area contributed by atoms with E-state index >= 15 is 0 Å². The summed E-state index contributed by atoms with van der Waals surface area (Å²) >= 11 is 0. The van der Waals surface area contributed by atoms with Crippen molar-refractivity contribution in [2.75, 3.05) is 13.2 Å². The summed E-state index contributed by atoms with van der Waals surface area (Å²) in [7, 11) is 0. The van der Waals surface area contributed by atoms with E-state index in [1.54, 1.807) is 0 Å². The highest BCUT2D eigenvalue weighted by molar-refractivity contribution is 5.19. The van der Waals surface area contributed by atoms with Crippen LogP contribution in [-0.2, 0) is 11.2 Å². The predicted octanol–water partition coefficient (Wildman–Crippen LogP) is 2.44. The highest BCUT2D eigenvalue weighted by Gasteiger charge is 2.28. The summed E-state index contributed by atoms with van der Waals surface area (Å²) in [6, 6.07) is 3.77. The lowest BCUT2D eigenvalue weighted by molar-refractivity contribution is 0.0188. The van der Waals surface area contributed by atoms with Crippen LogP contribution in [0.4, 0.5) is 8.78 Å². The molecule has 1 saturated heterocycles. The van der Waals surface area contributed by atoms with Crippen LogP contribution in [0.3, 0.4) is 0 Å². The van der Waals surface area contributed by atoms with Crippen molar-refractivity contribution in [3.8, 4) is 0 Å². The smallest absolute Gasteiger partial charge is 0.159 e. The molecule has 0 amide bonds. The van der Waals surface area contributed by atoms with E-state index in [0.29, 0.717) is 38.0 Å². The van der Waals surface area contributed by atoms with Crippen molar-refractivity contribution in [2.45, 2.75) is 31.3 Å². The van der Waals surface area contributed by atoms with Gasteiger partial charge in [-0.1, -0.05) is 6.07 Å². The molecule has 0 spiro atoms. The average molecular weight is 242 g/mol. The van der Waals surface area contributed by atoms with Gasteiger partial charge < -0.3 is 9.84 Å². The minimum atomic E-state index is -0.865. The molecular formula is C13H16F2O2. The maximum Gasteiger partial charge on any atom is 0.159 e. The van der Waals surface area contributed by atoms with Crippen molar-refractivity contribution in [3.05, 3.63) is 35.4 Å². The van der Waals surface area contributed by atoms with Crippen LogP contribution in [0.15, 0.2) is 18.2 Å². The lowest BCUT2D eigenvalue weighted by atomic mass is 9.88. The van der Waals surface area contributed by atoms with E-state index in [-0.39, 0.29) is 0 Å². The van der Waals surface area contributed by atoms with Gasteiger partial charge in [0.05, 0.1) is 5.60 Å². The summed E-state index contributed by atoms with van der Waals surface area (Å²) in [4.78, 5) is 0. The number of ether oxygens (including phenoxy) is 1. The first-order valence-corrected chi connectivity index (χ1v) is 5.83. The molecule has 1 aliphatic rings. The molecule has 0 bridgehead atoms. The van der Waals surface area contributed by atoms with Crippen molar-refractivity contribution in [1.29, 1.82) is 0 Å². The van der Waals surface area contributed by atoms with Gasteiger partial charge in [0.15, 0.2) is 11.6 Å². The Morgan fingerprint density at radius 1 is 1.18 bits per heavy atom. The maximum atomic E-state index is 13.1. The highest BCUT2D eigenvalue weighted by atomic mass is 19.2. The molecule has 1 fully saturated rings. The molecule has 1 unspecified atom stereocenters. The highest BCUT2D eigenvalue weighted by Crippen LogP contribution is 2.26. The Bertz CT molecular complexity index is 385. The Balaban J connectivity index is 2.10. The van der Waals surface area contributed by atoms with Gasteiger partial charge in [-0.05, 0) is 37.0 Å². The molecule has 1 aromatic carbocycles. The molecule has 1 aliphatic heterocycles. The maximum absolute atomic E-state index is 13.1. The van der Waals surface area contributed by atoms with E-state index in [1.807, 2.05) is 0 Å². The number of hydrogen-bond acceptors (Lipinski definition) is 2. The molecule has 0 radical (unpaired) electrons. The third-order valence-corrected chi connectivity index (χ3v) is 3.16. The third kappa shape index (κ3) is 3.23. The number of benzene rings is 1. The standard InChI is InChI=1S/C13H16F2O2/c14-11-3-2-10(8-12(11)15)9-13(16)4-1-6-17-7-5-13/h2-3,8,16H,1,4-7,9H2. The quantitative estimate of drug-likeness (QED) is 0.863. The third-order valence-electron chi connectivity index (χ3n) is 3.16. The van der Waals surface area contributed by atoms with Gasteiger partial charge in [-0.2, -0.15) is 0 Å². The van der Waals surface area contributed by atoms with Gasteiger partial charge in [0.25, 0.3) is 0 Å². The Kier molecular flexibility index (Phi) is 3.74. The van der Waals surface area contributed by atoms with E-state index in [2.05, 4.69) is 0 Å². The van der Waals surface area contributed by atoms with Crippen molar-refractivity contribution in [2.24, 2.45) is 0 Å². The Hall–Kier alpha value is -1.00. The van der Waals surface area contributed by atoms with Gasteiger partial charge in [0.2, 0.25) is 0 Å². The molecule has 4 heteroatoms. The SMILES string of the molecule is OC1(Cc2ccc(F)c(F)c2)CCCOCC1. The molecule has 0 aromatic heterocycles. The summed E-state index contributed by atoms with van der Waals surface area (Å²) in [5.41, 5.74) is -0.242. The van der Waals surface area contributed by atoms with Crippen molar-refractivity contribution in [3.63, 3.8) is 0 Å². The van der Waals surface area contributed by atoms with Crippen LogP contribution in [0.2, 0.25) is 0 Å². The molecule has 1 heterocycles. The van der Waals surface area contributed by atoms with Gasteiger partial charge in [0, 0.05) is 19.6 Å². The van der Waals surface area contributed by atoms with E-state index in [9.17, 15) is 13.9 Å². The molecule has 17 heavy (non-hydrogen) atoms. The molecular weight excluding hydrogens is 226 g/mol. The second kappa shape index (κ2) is 5.10. The lowest BCUT2D eigenvalue weighted by Crippen LogP contribution is -2.31. The Morgan fingerprint density at radius 2 is 2.00 bits per heavy atom. The molecule has 1 aromatic rings. The zero-order chi connectivity index (χ0) is 12.3. The van der Waals surface area contributed by atoms with E-state index in [0.717, 1.165) is 18.6 Å². The van der Waals surface area contributed by atoms with Gasteiger partial charge in [0.1, 0.15) is 0 Å². The molecule has 2 nitrogen and oxygen atoms in total. The fraction of sp³-hybridized carbons (Fsp3) is 0.538. The van der Waals surface area contributed by atoms with Crippen molar-refractivity contribution >= 4 is 0 Å². The van der Waals surface area contributed by atoms with Gasteiger partial charge in [-0.25, -0.2) is 8.78 Å². The molecule has 1 N–H and O–H groups in total. The first-order valence-electron chi connectivity index (χ1n) is 5.83. The van der Waals surface area contributed by atoms with Crippen molar-refractivity contribution in [1.82, 2.24) is 0 Å². The van der Waals surface area contributed by atoms with Gasteiger partial charge in [-0.3, -0.25) is 0 Å². The van der Waals surface area contributed by atoms with E-state index in [1.165, 1.54) is 6.07 Å². The van der Waals surface area contributed by atoms with Crippen molar-refractivity contribution < 1.29 is 18.6 Å². The van der Waals surface area contributed by atoms with Gasteiger partial charge >= 0.3 is 0 Å². The number of hydrogen-bond donors (Lipinski definition) is 1. The second-order valence-electron chi connectivity index (χ2n) is 4.62. The molecule has 0 aliphatic carbocycles. The summed E-state index contributed by atoms with van der Waals surface area (Å²) in [6.07, 6.45) is 2.30. The monoisotopic (exact) mass is 242 g/mol. The minimum Gasteiger partial charge on any atom is -0.389 e. The zero-order valence-corrected chi connectivity index (χ0v) is 9.59. The number of aliphatic hydroxyl groups is 1. The van der Waals surface area contributed by atoms with Crippen LogP contribution in [-0.4, -0.2) is 23.9 Å². The predicted molar refractivity (Wildman–Crippen MR) is 59.7 cm³/mol. The topological polar surface area (TPSA) is 29.5 Å². The summed E-state index contributed by atoms with van der Waals surface area (Å²) in [5.74, 6) is -1.72. The van der Waals surface area contributed by atoms with Crippen LogP contribution < -0.4 is 0 Å². The fourth-order valence-corrected chi connectivity index (χ4v) is 2.20. The van der Waals surface area contributed by atoms with E-state index < -0.39 is 17.2 Å². The first kappa shape index (κ1) is 12.5. The van der Waals surface area contributed by atoms with Crippen LogP contribution in [0, 0.1) is 11.6 Å². The molecule has 94 valence electrons. The molecule has 0 saturated carbocycles. The Morgan fingerprint density at radius 3 is 2.76 bits per heavy atom. The zero-order valence-electron chi connectivity index (χ0n) is 9.59. The van der Waals surface area contributed by atoms with E-state index in [4.69, 9.17) is 4.74 Å². The average Bonchev–Trinajstić information content (AvgIpc) is 2.49. The lowest BCUT2D eigenvalue weighted by Gasteiger charge is -2.26. The Labute approximate surface area is 99.2 Å².